The number of likely N-dealkylation sites (N-methyl/N-ethyl adjacent to an activating group) is 1. The zero-order chi connectivity index (χ0) is 19.6. The van der Waals surface area contributed by atoms with Crippen LogP contribution in [0.15, 0.2) is 54.6 Å². The number of piperazine rings is 1. The first-order valence-electron chi connectivity index (χ1n) is 10.1. The fourth-order valence-electron chi connectivity index (χ4n) is 4.64. The molecule has 1 atom stereocenters. The molecule has 5 heteroatoms. The molecular weight excluding hydrogens is 350 g/mol. The third kappa shape index (κ3) is 3.00. The van der Waals surface area contributed by atoms with Crippen LogP contribution in [-0.2, 0) is 15.0 Å². The van der Waals surface area contributed by atoms with Gasteiger partial charge in [-0.1, -0.05) is 48.5 Å². The van der Waals surface area contributed by atoms with E-state index in [-0.39, 0.29) is 5.91 Å². The molecule has 4 rings (SSSR count). The topological polar surface area (TPSA) is 43.9 Å². The van der Waals surface area contributed by atoms with Gasteiger partial charge < -0.3 is 9.80 Å². The number of nitrogens with zero attached hydrogens (tertiary/aromatic N) is 3. The third-order valence-corrected chi connectivity index (χ3v) is 6.21. The van der Waals surface area contributed by atoms with Crippen molar-refractivity contribution >= 4 is 18.0 Å². The molecule has 1 saturated heterocycles. The van der Waals surface area contributed by atoms with Gasteiger partial charge in [-0.15, -0.1) is 0 Å². The molecule has 2 aliphatic rings. The average Bonchev–Trinajstić information content (AvgIpc) is 3.01. The lowest BCUT2D eigenvalue weighted by molar-refractivity contribution is -0.122. The number of carbonyl (C=O) groups is 2. The van der Waals surface area contributed by atoms with Gasteiger partial charge in [0.2, 0.25) is 12.3 Å². The molecule has 0 N–H and O–H groups in total. The fourth-order valence-corrected chi connectivity index (χ4v) is 4.64. The van der Waals surface area contributed by atoms with E-state index in [9.17, 15) is 9.59 Å². The van der Waals surface area contributed by atoms with Crippen molar-refractivity contribution in [2.24, 2.45) is 0 Å². The number of hydrogen-bond acceptors (Lipinski definition) is 3. The van der Waals surface area contributed by atoms with Crippen molar-refractivity contribution in [1.82, 2.24) is 9.80 Å². The Morgan fingerprint density at radius 1 is 0.964 bits per heavy atom. The standard InChI is InChI=1S/C23H27N3O2/c1-2-26-21-11-7-6-10-20(21)23(22(26)28,19-8-4-3-5-9-19)12-13-24-14-16-25(18-27)17-15-24/h3-11,18H,2,12-17H2,1H3. The van der Waals surface area contributed by atoms with Gasteiger partial charge in [0.05, 0.1) is 0 Å². The highest BCUT2D eigenvalue weighted by Gasteiger charge is 2.51. The molecule has 0 spiro atoms. The minimum atomic E-state index is -0.643. The molecule has 2 aromatic rings. The Morgan fingerprint density at radius 3 is 2.32 bits per heavy atom. The second kappa shape index (κ2) is 7.76. The molecule has 2 amide bonds. The van der Waals surface area contributed by atoms with Gasteiger partial charge in [0.15, 0.2) is 0 Å². The molecule has 146 valence electrons. The van der Waals surface area contributed by atoms with E-state index in [1.807, 2.05) is 47.1 Å². The molecule has 28 heavy (non-hydrogen) atoms. The van der Waals surface area contributed by atoms with Gasteiger partial charge in [-0.3, -0.25) is 14.5 Å². The van der Waals surface area contributed by atoms with Gasteiger partial charge in [0.25, 0.3) is 0 Å². The SMILES string of the molecule is CCN1C(=O)C(CCN2CCN(C=O)CC2)(c2ccccc2)c2ccccc21. The first kappa shape index (κ1) is 18.7. The maximum absolute atomic E-state index is 13.7. The molecule has 2 aliphatic heterocycles. The minimum absolute atomic E-state index is 0.175. The number of anilines is 1. The number of hydrogen-bond donors (Lipinski definition) is 0. The van der Waals surface area contributed by atoms with Crippen LogP contribution >= 0.6 is 0 Å². The molecule has 0 aliphatic carbocycles. The van der Waals surface area contributed by atoms with E-state index in [0.29, 0.717) is 6.54 Å². The number of rotatable bonds is 6. The number of carbonyl (C=O) groups excluding carboxylic acids is 2. The molecule has 2 heterocycles. The van der Waals surface area contributed by atoms with E-state index >= 15 is 0 Å². The molecule has 5 nitrogen and oxygen atoms in total. The first-order chi connectivity index (χ1) is 13.7. The normalized spacial score (nSPS) is 22.4. The lowest BCUT2D eigenvalue weighted by Gasteiger charge is -2.36. The van der Waals surface area contributed by atoms with Crippen LogP contribution in [0, 0.1) is 0 Å². The van der Waals surface area contributed by atoms with Gasteiger partial charge in [0.1, 0.15) is 5.41 Å². The Morgan fingerprint density at radius 2 is 1.64 bits per heavy atom. The number of fused-ring (bicyclic) bond motifs is 1. The van der Waals surface area contributed by atoms with Crippen LogP contribution in [0.3, 0.4) is 0 Å². The highest BCUT2D eigenvalue weighted by Crippen LogP contribution is 2.48. The molecule has 0 aromatic heterocycles. The summed E-state index contributed by atoms with van der Waals surface area (Å²) in [5.41, 5.74) is 2.56. The molecular formula is C23H27N3O2. The van der Waals surface area contributed by atoms with Crippen LogP contribution in [0.25, 0.3) is 0 Å². The maximum atomic E-state index is 13.7. The smallest absolute Gasteiger partial charge is 0.242 e. The predicted molar refractivity (Wildman–Crippen MR) is 110 cm³/mol. The zero-order valence-corrected chi connectivity index (χ0v) is 16.4. The first-order valence-corrected chi connectivity index (χ1v) is 10.1. The second-order valence-electron chi connectivity index (χ2n) is 7.57. The van der Waals surface area contributed by atoms with Crippen molar-refractivity contribution in [1.29, 1.82) is 0 Å². The van der Waals surface area contributed by atoms with Crippen molar-refractivity contribution in [2.45, 2.75) is 18.8 Å². The zero-order valence-electron chi connectivity index (χ0n) is 16.4. The van der Waals surface area contributed by atoms with E-state index in [1.165, 1.54) is 0 Å². The highest BCUT2D eigenvalue weighted by molar-refractivity contribution is 6.10. The molecule has 0 saturated carbocycles. The van der Waals surface area contributed by atoms with Crippen LogP contribution in [0.2, 0.25) is 0 Å². The third-order valence-electron chi connectivity index (χ3n) is 6.21. The summed E-state index contributed by atoms with van der Waals surface area (Å²) < 4.78 is 0. The van der Waals surface area contributed by atoms with Crippen LogP contribution in [0.1, 0.15) is 24.5 Å². The van der Waals surface area contributed by atoms with E-state index in [4.69, 9.17) is 0 Å². The van der Waals surface area contributed by atoms with Crippen molar-refractivity contribution < 1.29 is 9.59 Å². The lowest BCUT2D eigenvalue weighted by Crippen LogP contribution is -2.48. The molecule has 1 unspecified atom stereocenters. The van der Waals surface area contributed by atoms with Crippen molar-refractivity contribution in [3.8, 4) is 0 Å². The highest BCUT2D eigenvalue weighted by atomic mass is 16.2. The van der Waals surface area contributed by atoms with Crippen molar-refractivity contribution in [3.05, 3.63) is 65.7 Å². The second-order valence-corrected chi connectivity index (χ2v) is 7.57. The van der Waals surface area contributed by atoms with Gasteiger partial charge >= 0.3 is 0 Å². The minimum Gasteiger partial charge on any atom is -0.343 e. The van der Waals surface area contributed by atoms with E-state index in [1.54, 1.807) is 0 Å². The van der Waals surface area contributed by atoms with E-state index in [2.05, 4.69) is 29.2 Å². The van der Waals surface area contributed by atoms with E-state index in [0.717, 1.165) is 62.4 Å². The number of amides is 2. The predicted octanol–water partition coefficient (Wildman–Crippen LogP) is 2.50. The summed E-state index contributed by atoms with van der Waals surface area (Å²) in [7, 11) is 0. The summed E-state index contributed by atoms with van der Waals surface area (Å²) in [4.78, 5) is 30.8. The Balaban J connectivity index is 1.69. The van der Waals surface area contributed by atoms with Crippen LogP contribution < -0.4 is 4.90 Å². The summed E-state index contributed by atoms with van der Waals surface area (Å²) in [6.07, 6.45) is 1.67. The van der Waals surface area contributed by atoms with Gasteiger partial charge in [-0.25, -0.2) is 0 Å². The largest absolute Gasteiger partial charge is 0.343 e. The maximum Gasteiger partial charge on any atom is 0.242 e. The van der Waals surface area contributed by atoms with Crippen LogP contribution in [0.5, 0.6) is 0 Å². The Labute approximate surface area is 166 Å². The summed E-state index contributed by atoms with van der Waals surface area (Å²) in [5.74, 6) is 0.175. The van der Waals surface area contributed by atoms with Gasteiger partial charge in [0, 0.05) is 38.4 Å². The van der Waals surface area contributed by atoms with Crippen molar-refractivity contribution in [2.75, 3.05) is 44.2 Å². The summed E-state index contributed by atoms with van der Waals surface area (Å²) >= 11 is 0. The summed E-state index contributed by atoms with van der Waals surface area (Å²) in [6, 6.07) is 18.4. The lowest BCUT2D eigenvalue weighted by atomic mass is 9.72. The quantitative estimate of drug-likeness (QED) is 0.727. The van der Waals surface area contributed by atoms with E-state index < -0.39 is 5.41 Å². The van der Waals surface area contributed by atoms with Gasteiger partial charge in [-0.2, -0.15) is 0 Å². The fraction of sp³-hybridized carbons (Fsp3) is 0.391. The van der Waals surface area contributed by atoms with Gasteiger partial charge in [-0.05, 0) is 37.1 Å². The molecule has 0 bridgehead atoms. The molecule has 2 aromatic carbocycles. The molecule has 0 radical (unpaired) electrons. The average molecular weight is 377 g/mol. The Kier molecular flexibility index (Phi) is 5.18. The van der Waals surface area contributed by atoms with Crippen molar-refractivity contribution in [3.63, 3.8) is 0 Å². The number of benzene rings is 2. The monoisotopic (exact) mass is 377 g/mol. The van der Waals surface area contributed by atoms with Crippen LogP contribution in [0.4, 0.5) is 5.69 Å². The van der Waals surface area contributed by atoms with Crippen LogP contribution in [-0.4, -0.2) is 61.4 Å². The number of para-hydroxylation sites is 1. The summed E-state index contributed by atoms with van der Waals surface area (Å²) in [6.45, 7) is 6.77. The summed E-state index contributed by atoms with van der Waals surface area (Å²) in [5, 5.41) is 0. The Hall–Kier alpha value is -2.66. The Bertz CT molecular complexity index is 846. The molecule has 1 fully saturated rings.